The first-order valence-corrected chi connectivity index (χ1v) is 12.7. The van der Waals surface area contributed by atoms with Crippen molar-refractivity contribution in [1.82, 2.24) is 0 Å². The largest absolute Gasteiger partial charge is 0.400 e. The lowest BCUT2D eigenvalue weighted by molar-refractivity contribution is 0.158. The fraction of sp³-hybridized carbons (Fsp3) is 0.308. The lowest BCUT2D eigenvalue weighted by Gasteiger charge is -2.46. The summed E-state index contributed by atoms with van der Waals surface area (Å²) in [5, 5.41) is 2.03. The number of halogens is 2. The normalized spacial score (nSPS) is 19.2. The molecule has 0 unspecified atom stereocenters. The Morgan fingerprint density at radius 2 is 1.42 bits per heavy atom. The van der Waals surface area contributed by atoms with Crippen molar-refractivity contribution in [3.05, 3.63) is 95.6 Å². The van der Waals surface area contributed by atoms with Gasteiger partial charge in [-0.1, -0.05) is 81.4 Å². The van der Waals surface area contributed by atoms with Crippen molar-refractivity contribution in [3.63, 3.8) is 0 Å². The van der Waals surface area contributed by atoms with E-state index in [1.165, 1.54) is 6.07 Å². The van der Waals surface area contributed by atoms with Crippen LogP contribution in [-0.2, 0) is 4.43 Å². The van der Waals surface area contributed by atoms with Crippen molar-refractivity contribution < 1.29 is 13.2 Å². The van der Waals surface area contributed by atoms with E-state index in [0.717, 1.165) is 16.4 Å². The SMILES string of the molecule is CC(C)(C)[Si](O[C@@H]1CC[C@@H](N)c2cc(F)cc(F)c21)(c1ccccc1)c1ccccc1. The second-order valence-corrected chi connectivity index (χ2v) is 13.6. The maximum absolute atomic E-state index is 15.1. The molecule has 31 heavy (non-hydrogen) atoms. The molecule has 0 saturated carbocycles. The van der Waals surface area contributed by atoms with E-state index in [-0.39, 0.29) is 11.1 Å². The zero-order valence-electron chi connectivity index (χ0n) is 18.2. The van der Waals surface area contributed by atoms with E-state index in [2.05, 4.69) is 45.0 Å². The summed E-state index contributed by atoms with van der Waals surface area (Å²) in [7, 11) is -2.86. The summed E-state index contributed by atoms with van der Waals surface area (Å²) >= 11 is 0. The Balaban J connectivity index is 1.93. The van der Waals surface area contributed by atoms with Crippen LogP contribution in [-0.4, -0.2) is 8.32 Å². The second-order valence-electron chi connectivity index (χ2n) is 9.34. The first-order chi connectivity index (χ1) is 14.7. The molecule has 0 heterocycles. The number of hydrogen-bond acceptors (Lipinski definition) is 2. The average Bonchev–Trinajstić information content (AvgIpc) is 2.74. The van der Waals surface area contributed by atoms with E-state index in [4.69, 9.17) is 10.2 Å². The van der Waals surface area contributed by atoms with Crippen LogP contribution in [0.5, 0.6) is 0 Å². The fourth-order valence-corrected chi connectivity index (χ4v) is 9.58. The molecule has 5 heteroatoms. The van der Waals surface area contributed by atoms with Gasteiger partial charge in [-0.25, -0.2) is 8.78 Å². The van der Waals surface area contributed by atoms with Gasteiger partial charge in [-0.3, -0.25) is 0 Å². The van der Waals surface area contributed by atoms with Gasteiger partial charge in [0.05, 0.1) is 6.10 Å². The molecule has 0 fully saturated rings. The van der Waals surface area contributed by atoms with Crippen LogP contribution in [0.2, 0.25) is 5.04 Å². The number of fused-ring (bicyclic) bond motifs is 1. The molecule has 0 bridgehead atoms. The molecule has 162 valence electrons. The minimum atomic E-state index is -2.86. The van der Waals surface area contributed by atoms with Crippen LogP contribution in [0.4, 0.5) is 8.78 Å². The highest BCUT2D eigenvalue weighted by atomic mass is 28.4. The number of hydrogen-bond donors (Lipinski definition) is 1. The highest BCUT2D eigenvalue weighted by Gasteiger charge is 2.52. The van der Waals surface area contributed by atoms with Gasteiger partial charge in [0.25, 0.3) is 8.32 Å². The van der Waals surface area contributed by atoms with Crippen molar-refractivity contribution in [3.8, 4) is 0 Å². The monoisotopic (exact) mass is 437 g/mol. The molecule has 4 rings (SSSR count). The molecule has 0 spiro atoms. The van der Waals surface area contributed by atoms with E-state index < -0.39 is 26.1 Å². The minimum Gasteiger partial charge on any atom is -0.400 e. The molecule has 0 amide bonds. The molecule has 0 aliphatic heterocycles. The Morgan fingerprint density at radius 3 is 1.94 bits per heavy atom. The van der Waals surface area contributed by atoms with Crippen molar-refractivity contribution in [1.29, 1.82) is 0 Å². The first-order valence-electron chi connectivity index (χ1n) is 10.8. The zero-order valence-corrected chi connectivity index (χ0v) is 19.2. The van der Waals surface area contributed by atoms with Gasteiger partial charge in [0.1, 0.15) is 11.6 Å². The lowest BCUT2D eigenvalue weighted by atomic mass is 9.86. The number of rotatable bonds is 4. The van der Waals surface area contributed by atoms with Crippen LogP contribution in [0.1, 0.15) is 56.9 Å². The first kappa shape index (κ1) is 21.9. The Kier molecular flexibility index (Phi) is 5.86. The standard InChI is InChI=1S/C26H29F2NOSi/c1-26(2,3)31(19-10-6-4-7-11-19,20-12-8-5-9-13-20)30-24-15-14-23(29)21-16-18(27)17-22(28)25(21)24/h4-13,16-17,23-24H,14-15,29H2,1-3H3/t23-,24-/m1/s1. The van der Waals surface area contributed by atoms with Crippen LogP contribution in [0, 0.1) is 11.6 Å². The van der Waals surface area contributed by atoms with Crippen molar-refractivity contribution in [2.24, 2.45) is 5.73 Å². The fourth-order valence-electron chi connectivity index (χ4n) is 4.90. The summed E-state index contributed by atoms with van der Waals surface area (Å²) < 4.78 is 36.2. The minimum absolute atomic E-state index is 0.230. The number of nitrogens with two attached hydrogens (primary N) is 1. The topological polar surface area (TPSA) is 35.2 Å². The van der Waals surface area contributed by atoms with Gasteiger partial charge in [0.15, 0.2) is 0 Å². The van der Waals surface area contributed by atoms with Gasteiger partial charge in [-0.15, -0.1) is 0 Å². The summed E-state index contributed by atoms with van der Waals surface area (Å²) in [5.41, 5.74) is 7.17. The van der Waals surface area contributed by atoms with Crippen LogP contribution in [0.3, 0.4) is 0 Å². The third kappa shape index (κ3) is 3.86. The summed E-state index contributed by atoms with van der Waals surface area (Å²) in [6, 6.07) is 22.4. The second kappa shape index (κ2) is 8.30. The van der Waals surface area contributed by atoms with Gasteiger partial charge >= 0.3 is 0 Å². The summed E-state index contributed by atoms with van der Waals surface area (Å²) in [5.74, 6) is -1.18. The molecule has 1 aliphatic rings. The predicted octanol–water partition coefficient (Wildman–Crippen LogP) is 5.38. The summed E-state index contributed by atoms with van der Waals surface area (Å²) in [6.45, 7) is 6.57. The van der Waals surface area contributed by atoms with Gasteiger partial charge in [-0.05, 0) is 39.9 Å². The van der Waals surface area contributed by atoms with Crippen LogP contribution < -0.4 is 16.1 Å². The molecule has 2 N–H and O–H groups in total. The van der Waals surface area contributed by atoms with E-state index in [0.29, 0.717) is 24.0 Å². The van der Waals surface area contributed by atoms with Crippen LogP contribution in [0.25, 0.3) is 0 Å². The Labute approximate surface area is 184 Å². The quantitative estimate of drug-likeness (QED) is 0.557. The van der Waals surface area contributed by atoms with E-state index >= 15 is 4.39 Å². The molecule has 0 saturated heterocycles. The third-order valence-corrected chi connectivity index (χ3v) is 11.4. The van der Waals surface area contributed by atoms with Crippen molar-refractivity contribution in [2.75, 3.05) is 0 Å². The van der Waals surface area contributed by atoms with E-state index in [9.17, 15) is 4.39 Å². The molecular formula is C26H29F2NOSi. The maximum atomic E-state index is 15.1. The molecule has 3 aromatic carbocycles. The molecule has 2 nitrogen and oxygen atoms in total. The van der Waals surface area contributed by atoms with Gasteiger partial charge in [0, 0.05) is 17.7 Å². The Morgan fingerprint density at radius 1 is 0.871 bits per heavy atom. The van der Waals surface area contributed by atoms with Gasteiger partial charge in [-0.2, -0.15) is 0 Å². The molecule has 0 radical (unpaired) electrons. The molecule has 0 aromatic heterocycles. The smallest absolute Gasteiger partial charge is 0.261 e. The van der Waals surface area contributed by atoms with E-state index in [1.807, 2.05) is 36.4 Å². The summed E-state index contributed by atoms with van der Waals surface area (Å²) in [6.07, 6.45) is 0.738. The Bertz CT molecular complexity index is 1010. The van der Waals surface area contributed by atoms with Gasteiger partial charge < -0.3 is 10.2 Å². The highest BCUT2D eigenvalue weighted by molar-refractivity contribution is 6.99. The van der Waals surface area contributed by atoms with Crippen molar-refractivity contribution in [2.45, 2.75) is 50.8 Å². The van der Waals surface area contributed by atoms with Gasteiger partial charge in [0.2, 0.25) is 0 Å². The van der Waals surface area contributed by atoms with E-state index in [1.54, 1.807) is 0 Å². The molecular weight excluding hydrogens is 408 g/mol. The predicted molar refractivity (Wildman–Crippen MR) is 124 cm³/mol. The average molecular weight is 438 g/mol. The zero-order chi connectivity index (χ0) is 22.2. The van der Waals surface area contributed by atoms with Crippen LogP contribution in [0.15, 0.2) is 72.8 Å². The maximum Gasteiger partial charge on any atom is 0.261 e. The number of benzene rings is 3. The molecule has 2 atom stereocenters. The third-order valence-electron chi connectivity index (χ3n) is 6.32. The highest BCUT2D eigenvalue weighted by Crippen LogP contribution is 2.45. The molecule has 3 aromatic rings. The van der Waals surface area contributed by atoms with Crippen LogP contribution >= 0.6 is 0 Å². The molecule has 1 aliphatic carbocycles. The van der Waals surface area contributed by atoms with Crippen molar-refractivity contribution >= 4 is 18.7 Å². The Hall–Kier alpha value is -2.34. The summed E-state index contributed by atoms with van der Waals surface area (Å²) in [4.78, 5) is 0. The lowest BCUT2D eigenvalue weighted by Crippen LogP contribution is -2.67.